The van der Waals surface area contributed by atoms with Crippen molar-refractivity contribution in [3.05, 3.63) is 77.4 Å². The van der Waals surface area contributed by atoms with Crippen LogP contribution in [0.2, 0.25) is 18.1 Å². The lowest BCUT2D eigenvalue weighted by molar-refractivity contribution is -0.311. The van der Waals surface area contributed by atoms with Crippen LogP contribution >= 0.6 is 0 Å². The van der Waals surface area contributed by atoms with E-state index in [1.165, 1.54) is 11.1 Å². The predicted molar refractivity (Wildman–Crippen MR) is 186 cm³/mol. The fourth-order valence-electron chi connectivity index (χ4n) is 5.70. The van der Waals surface area contributed by atoms with Crippen LogP contribution in [0, 0.1) is 17.8 Å². The highest BCUT2D eigenvalue weighted by Gasteiger charge is 2.46. The largest absolute Gasteiger partial charge is 0.497 e. The Morgan fingerprint density at radius 2 is 1.60 bits per heavy atom. The molecule has 0 radical (unpaired) electrons. The van der Waals surface area contributed by atoms with Gasteiger partial charge in [-0.1, -0.05) is 88.7 Å². The molecule has 0 bridgehead atoms. The summed E-state index contributed by atoms with van der Waals surface area (Å²) in [6.45, 7) is 25.4. The number of rotatable bonds is 16. The van der Waals surface area contributed by atoms with Gasteiger partial charge in [0.1, 0.15) is 5.75 Å². The Bertz CT molecular complexity index is 1170. The van der Waals surface area contributed by atoms with Crippen LogP contribution in [0.25, 0.3) is 0 Å². The zero-order valence-electron chi connectivity index (χ0n) is 29.9. The topological polar surface area (TPSA) is 55.4 Å². The normalized spacial score (nSPS) is 21.3. The molecule has 2 aromatic rings. The SMILES string of the molecule is COc1ccc(COC[C@H]2COC(C)(C)O[C@@H]2[C@@H](C)[C@H](O[Si](C)(C)C(C)(C)C)[C@@H](C)C/C(C)=C/COCc2ccccc2)cc1. The Hall–Kier alpha value is -2.00. The second-order valence-electron chi connectivity index (χ2n) is 14.9. The van der Waals surface area contributed by atoms with Crippen molar-refractivity contribution in [1.29, 1.82) is 0 Å². The summed E-state index contributed by atoms with van der Waals surface area (Å²) in [4.78, 5) is 0. The molecule has 0 amide bonds. The van der Waals surface area contributed by atoms with Gasteiger partial charge < -0.3 is 28.1 Å². The quantitative estimate of drug-likeness (QED) is 0.104. The van der Waals surface area contributed by atoms with Gasteiger partial charge in [0, 0.05) is 11.8 Å². The molecular weight excluding hydrogens is 580 g/mol. The zero-order chi connectivity index (χ0) is 33.3. The summed E-state index contributed by atoms with van der Waals surface area (Å²) in [5.74, 6) is 0.689. The average molecular weight is 641 g/mol. The number of methoxy groups -OCH3 is 1. The lowest BCUT2D eigenvalue weighted by Gasteiger charge is -2.48. The highest BCUT2D eigenvalue weighted by atomic mass is 28.4. The number of ether oxygens (including phenoxy) is 5. The zero-order valence-corrected chi connectivity index (χ0v) is 30.9. The maximum Gasteiger partial charge on any atom is 0.192 e. The minimum atomic E-state index is -2.08. The number of benzene rings is 2. The van der Waals surface area contributed by atoms with E-state index in [0.717, 1.165) is 17.7 Å². The Balaban J connectivity index is 1.74. The summed E-state index contributed by atoms with van der Waals surface area (Å²) in [7, 11) is -0.404. The van der Waals surface area contributed by atoms with Crippen molar-refractivity contribution in [1.82, 2.24) is 0 Å². The standard InChI is InChI=1S/C38H60O6Si/c1-28(21-22-40-24-31-15-13-12-14-16-31)23-29(2)35(44-45(10,11)37(4,5)6)30(3)36-33(27-42-38(7,8)43-36)26-41-25-32-17-19-34(39-9)20-18-32/h12-21,29-30,33,35-36H,22-27H2,1-11H3/b28-21+/t29-,30-,33-,35+,36+/m0/s1. The maximum atomic E-state index is 7.28. The summed E-state index contributed by atoms with van der Waals surface area (Å²) in [5.41, 5.74) is 3.62. The van der Waals surface area contributed by atoms with Crippen molar-refractivity contribution >= 4 is 8.32 Å². The molecule has 1 heterocycles. The molecule has 0 unspecified atom stereocenters. The Morgan fingerprint density at radius 3 is 2.22 bits per heavy atom. The molecule has 45 heavy (non-hydrogen) atoms. The summed E-state index contributed by atoms with van der Waals surface area (Å²) in [5, 5.41) is 0.0948. The first kappa shape index (κ1) is 37.5. The highest BCUT2D eigenvalue weighted by Crippen LogP contribution is 2.42. The van der Waals surface area contributed by atoms with Crippen LogP contribution < -0.4 is 4.74 Å². The van der Waals surface area contributed by atoms with Gasteiger partial charge in [-0.2, -0.15) is 0 Å². The number of hydrogen-bond donors (Lipinski definition) is 0. The molecule has 0 aliphatic carbocycles. The Labute approximate surface area is 274 Å². The van der Waals surface area contributed by atoms with Gasteiger partial charge in [-0.15, -0.1) is 0 Å². The molecule has 6 nitrogen and oxygen atoms in total. The van der Waals surface area contributed by atoms with E-state index >= 15 is 0 Å². The van der Waals surface area contributed by atoms with Crippen molar-refractivity contribution < 1.29 is 28.1 Å². The van der Waals surface area contributed by atoms with E-state index in [-0.39, 0.29) is 35.0 Å². The van der Waals surface area contributed by atoms with Gasteiger partial charge in [0.2, 0.25) is 0 Å². The molecule has 0 saturated carbocycles. The molecule has 1 saturated heterocycles. The molecule has 5 atom stereocenters. The van der Waals surface area contributed by atoms with E-state index in [1.807, 2.05) is 56.3 Å². The summed E-state index contributed by atoms with van der Waals surface area (Å²) >= 11 is 0. The summed E-state index contributed by atoms with van der Waals surface area (Å²) in [6.07, 6.45) is 3.10. The fourth-order valence-corrected chi connectivity index (χ4v) is 7.18. The highest BCUT2D eigenvalue weighted by molar-refractivity contribution is 6.74. The molecule has 1 aliphatic rings. The molecule has 3 rings (SSSR count). The Kier molecular flexibility index (Phi) is 13.9. The minimum absolute atomic E-state index is 0.0162. The lowest BCUT2D eigenvalue weighted by Crippen LogP contribution is -2.55. The molecule has 0 spiro atoms. The second kappa shape index (κ2) is 16.7. The molecule has 1 fully saturated rings. The van der Waals surface area contributed by atoms with E-state index in [0.29, 0.717) is 33.0 Å². The van der Waals surface area contributed by atoms with Crippen molar-refractivity contribution in [3.8, 4) is 5.75 Å². The van der Waals surface area contributed by atoms with Gasteiger partial charge in [0.05, 0.1) is 52.4 Å². The predicted octanol–water partition coefficient (Wildman–Crippen LogP) is 9.20. The third kappa shape index (κ3) is 11.6. The summed E-state index contributed by atoms with van der Waals surface area (Å²) in [6, 6.07) is 18.3. The molecule has 2 aromatic carbocycles. The first-order valence-electron chi connectivity index (χ1n) is 16.6. The monoisotopic (exact) mass is 640 g/mol. The van der Waals surface area contributed by atoms with Crippen molar-refractivity contribution in [2.75, 3.05) is 26.9 Å². The van der Waals surface area contributed by atoms with Crippen LogP contribution in [0.1, 0.15) is 72.9 Å². The lowest BCUT2D eigenvalue weighted by atomic mass is 9.81. The smallest absolute Gasteiger partial charge is 0.192 e. The van der Waals surface area contributed by atoms with E-state index in [1.54, 1.807) is 7.11 Å². The molecule has 7 heteroatoms. The second-order valence-corrected chi connectivity index (χ2v) is 19.6. The molecule has 1 aliphatic heterocycles. The van der Waals surface area contributed by atoms with E-state index in [9.17, 15) is 0 Å². The third-order valence-electron chi connectivity index (χ3n) is 9.43. The average Bonchev–Trinajstić information content (AvgIpc) is 2.98. The van der Waals surface area contributed by atoms with Gasteiger partial charge in [-0.25, -0.2) is 0 Å². The van der Waals surface area contributed by atoms with Gasteiger partial charge >= 0.3 is 0 Å². The summed E-state index contributed by atoms with van der Waals surface area (Å²) < 4.78 is 37.7. The van der Waals surface area contributed by atoms with Gasteiger partial charge in [-0.05, 0) is 74.5 Å². The minimum Gasteiger partial charge on any atom is -0.497 e. The molecule has 0 N–H and O–H groups in total. The van der Waals surface area contributed by atoms with Crippen LogP contribution in [0.3, 0.4) is 0 Å². The van der Waals surface area contributed by atoms with Crippen molar-refractivity contribution in [2.45, 2.75) is 111 Å². The van der Waals surface area contributed by atoms with Gasteiger partial charge in [0.25, 0.3) is 0 Å². The van der Waals surface area contributed by atoms with Crippen LogP contribution in [0.4, 0.5) is 0 Å². The Morgan fingerprint density at radius 1 is 0.978 bits per heavy atom. The number of hydrogen-bond acceptors (Lipinski definition) is 6. The van der Waals surface area contributed by atoms with Crippen molar-refractivity contribution in [2.24, 2.45) is 17.8 Å². The maximum absolute atomic E-state index is 7.28. The van der Waals surface area contributed by atoms with Crippen LogP contribution in [-0.2, 0) is 36.6 Å². The van der Waals surface area contributed by atoms with Gasteiger partial charge in [0.15, 0.2) is 14.1 Å². The van der Waals surface area contributed by atoms with E-state index in [2.05, 4.69) is 72.8 Å². The molecular formula is C38H60O6Si. The van der Waals surface area contributed by atoms with Gasteiger partial charge in [-0.3, -0.25) is 0 Å². The molecule has 252 valence electrons. The van der Waals surface area contributed by atoms with Crippen molar-refractivity contribution in [3.63, 3.8) is 0 Å². The van der Waals surface area contributed by atoms with Crippen LogP contribution in [0.5, 0.6) is 5.75 Å². The first-order chi connectivity index (χ1) is 21.1. The van der Waals surface area contributed by atoms with E-state index in [4.69, 9.17) is 28.1 Å². The van der Waals surface area contributed by atoms with Crippen LogP contribution in [0.15, 0.2) is 66.2 Å². The molecule has 0 aromatic heterocycles. The fraction of sp³-hybridized carbons (Fsp3) is 0.632. The van der Waals surface area contributed by atoms with Crippen LogP contribution in [-0.4, -0.2) is 53.2 Å². The number of allylic oxidation sites excluding steroid dienone is 1. The van der Waals surface area contributed by atoms with E-state index < -0.39 is 14.1 Å². The first-order valence-corrected chi connectivity index (χ1v) is 19.5. The third-order valence-corrected chi connectivity index (χ3v) is 13.9.